The highest BCUT2D eigenvalue weighted by Gasteiger charge is 2.22. The second-order valence-electron chi connectivity index (χ2n) is 5.64. The third-order valence-electron chi connectivity index (χ3n) is 4.24. The minimum atomic E-state index is -0.521. The third kappa shape index (κ3) is 2.94. The number of fused-ring (bicyclic) bond motifs is 1. The van der Waals surface area contributed by atoms with Crippen molar-refractivity contribution in [2.45, 2.75) is 19.4 Å². The van der Waals surface area contributed by atoms with E-state index in [1.807, 2.05) is 19.2 Å². The van der Waals surface area contributed by atoms with E-state index < -0.39 is 5.97 Å². The molecule has 1 saturated heterocycles. The van der Waals surface area contributed by atoms with Crippen molar-refractivity contribution in [3.05, 3.63) is 29.8 Å². The van der Waals surface area contributed by atoms with Crippen molar-refractivity contribution in [2.75, 3.05) is 31.6 Å². The van der Waals surface area contributed by atoms with Gasteiger partial charge in [0.25, 0.3) is 0 Å². The summed E-state index contributed by atoms with van der Waals surface area (Å²) in [7, 11) is 1.97. The van der Waals surface area contributed by atoms with Gasteiger partial charge in [-0.25, -0.2) is 9.78 Å². The zero-order valence-electron chi connectivity index (χ0n) is 13.4. The van der Waals surface area contributed by atoms with Gasteiger partial charge in [-0.15, -0.1) is 0 Å². The molecule has 1 aromatic heterocycles. The van der Waals surface area contributed by atoms with Gasteiger partial charge < -0.3 is 20.1 Å². The smallest absolute Gasteiger partial charge is 0.341 e. The molecule has 0 spiro atoms. The monoisotopic (exact) mass is 315 g/mol. The molecule has 3 rings (SSSR count). The van der Waals surface area contributed by atoms with E-state index in [4.69, 9.17) is 4.74 Å². The van der Waals surface area contributed by atoms with Crippen LogP contribution in [0.1, 0.15) is 23.7 Å². The van der Waals surface area contributed by atoms with E-state index in [0.717, 1.165) is 25.3 Å². The molecule has 1 aromatic carbocycles. The number of carbonyl (C=O) groups is 1. The average molecular weight is 315 g/mol. The van der Waals surface area contributed by atoms with E-state index in [1.165, 1.54) is 0 Å². The Kier molecular flexibility index (Phi) is 4.34. The maximum atomic E-state index is 11.8. The molecule has 1 atom stereocenters. The van der Waals surface area contributed by atoms with Crippen LogP contribution < -0.4 is 10.2 Å². The van der Waals surface area contributed by atoms with Crippen LogP contribution in [0.15, 0.2) is 24.3 Å². The quantitative estimate of drug-likeness (QED) is 0.840. The number of likely N-dealkylation sites (N-methyl/N-ethyl adjacent to an activating group) is 1. The first-order chi connectivity index (χ1) is 11.1. The Labute approximate surface area is 135 Å². The van der Waals surface area contributed by atoms with Gasteiger partial charge in [-0.05, 0) is 44.7 Å². The first-order valence-corrected chi connectivity index (χ1v) is 7.86. The highest BCUT2D eigenvalue weighted by Crippen LogP contribution is 2.30. The Bertz CT molecular complexity index is 732. The molecule has 2 N–H and O–H groups in total. The van der Waals surface area contributed by atoms with Gasteiger partial charge in [0.2, 0.25) is 0 Å². The van der Waals surface area contributed by atoms with Gasteiger partial charge in [-0.3, -0.25) is 0 Å². The molecule has 0 amide bonds. The number of hydrogen-bond donors (Lipinski definition) is 2. The average Bonchev–Trinajstić information content (AvgIpc) is 3.04. The van der Waals surface area contributed by atoms with Crippen LogP contribution >= 0.6 is 0 Å². The molecule has 1 aliphatic heterocycles. The lowest BCUT2D eigenvalue weighted by atomic mass is 10.1. The molecule has 6 heteroatoms. The lowest BCUT2D eigenvalue weighted by molar-refractivity contribution is 0.0523. The lowest BCUT2D eigenvalue weighted by Gasteiger charge is -2.18. The number of rotatable bonds is 4. The van der Waals surface area contributed by atoms with E-state index in [-0.39, 0.29) is 17.9 Å². The molecule has 0 bridgehead atoms. The second kappa shape index (κ2) is 6.42. The summed E-state index contributed by atoms with van der Waals surface area (Å²) < 4.78 is 4.95. The predicted molar refractivity (Wildman–Crippen MR) is 89.0 cm³/mol. The summed E-state index contributed by atoms with van der Waals surface area (Å²) in [4.78, 5) is 18.7. The summed E-state index contributed by atoms with van der Waals surface area (Å²) in [5, 5.41) is 14.2. The summed E-state index contributed by atoms with van der Waals surface area (Å²) in [5.41, 5.74) is 0.839. The van der Waals surface area contributed by atoms with E-state index >= 15 is 0 Å². The van der Waals surface area contributed by atoms with Gasteiger partial charge in [0.05, 0.1) is 12.1 Å². The first kappa shape index (κ1) is 15.6. The number of benzene rings is 1. The van der Waals surface area contributed by atoms with Crippen molar-refractivity contribution >= 4 is 22.7 Å². The molecule has 2 aromatic rings. The van der Waals surface area contributed by atoms with Crippen molar-refractivity contribution in [1.29, 1.82) is 0 Å². The van der Waals surface area contributed by atoms with E-state index in [9.17, 15) is 9.90 Å². The molecule has 122 valence electrons. The third-order valence-corrected chi connectivity index (χ3v) is 4.24. The van der Waals surface area contributed by atoms with Crippen LogP contribution in [0, 0.1) is 0 Å². The van der Waals surface area contributed by atoms with Crippen LogP contribution in [0.4, 0.5) is 5.82 Å². The van der Waals surface area contributed by atoms with Crippen LogP contribution in [0.25, 0.3) is 10.9 Å². The normalized spacial score (nSPS) is 17.7. The first-order valence-electron chi connectivity index (χ1n) is 7.86. The number of phenolic OH excluding ortho intramolecular Hbond substituents is 1. The summed E-state index contributed by atoms with van der Waals surface area (Å²) >= 11 is 0. The van der Waals surface area contributed by atoms with Gasteiger partial charge in [0.1, 0.15) is 17.1 Å². The van der Waals surface area contributed by atoms with Crippen LogP contribution in [0.2, 0.25) is 0 Å². The van der Waals surface area contributed by atoms with E-state index in [1.54, 1.807) is 19.1 Å². The van der Waals surface area contributed by atoms with Crippen molar-refractivity contribution in [3.8, 4) is 5.75 Å². The van der Waals surface area contributed by atoms with Crippen LogP contribution in [0.5, 0.6) is 5.75 Å². The van der Waals surface area contributed by atoms with Gasteiger partial charge in [-0.1, -0.05) is 0 Å². The zero-order valence-corrected chi connectivity index (χ0v) is 13.4. The SMILES string of the molecule is CCOC(=O)c1ccc2nc(N3CCC(NC)C3)ccc2c1O. The number of nitrogens with one attached hydrogen (secondary N) is 1. The van der Waals surface area contributed by atoms with Gasteiger partial charge in [0.15, 0.2) is 0 Å². The van der Waals surface area contributed by atoms with E-state index in [2.05, 4.69) is 15.2 Å². The van der Waals surface area contributed by atoms with Gasteiger partial charge in [-0.2, -0.15) is 0 Å². The molecule has 1 aliphatic rings. The highest BCUT2D eigenvalue weighted by atomic mass is 16.5. The number of phenols is 1. The summed E-state index contributed by atoms with van der Waals surface area (Å²) in [6.45, 7) is 3.88. The minimum Gasteiger partial charge on any atom is -0.506 e. The molecule has 2 heterocycles. The molecular formula is C17H21N3O3. The Morgan fingerprint density at radius 3 is 2.96 bits per heavy atom. The Morgan fingerprint density at radius 2 is 2.26 bits per heavy atom. The topological polar surface area (TPSA) is 74.7 Å². The van der Waals surface area contributed by atoms with Crippen molar-refractivity contribution < 1.29 is 14.6 Å². The van der Waals surface area contributed by atoms with Crippen LogP contribution in [-0.2, 0) is 4.74 Å². The summed E-state index contributed by atoms with van der Waals surface area (Å²) in [6, 6.07) is 7.48. The number of esters is 1. The Hall–Kier alpha value is -2.34. The zero-order chi connectivity index (χ0) is 16.4. The van der Waals surface area contributed by atoms with Crippen LogP contribution in [0.3, 0.4) is 0 Å². The molecule has 1 fully saturated rings. The summed E-state index contributed by atoms with van der Waals surface area (Å²) in [5.74, 6) is 0.292. The maximum Gasteiger partial charge on any atom is 0.341 e. The number of pyridine rings is 1. The number of hydrogen-bond acceptors (Lipinski definition) is 6. The number of aromatic hydroxyl groups is 1. The van der Waals surface area contributed by atoms with Crippen molar-refractivity contribution in [2.24, 2.45) is 0 Å². The van der Waals surface area contributed by atoms with Crippen molar-refractivity contribution in [1.82, 2.24) is 10.3 Å². The van der Waals surface area contributed by atoms with Crippen molar-refractivity contribution in [3.63, 3.8) is 0 Å². The largest absolute Gasteiger partial charge is 0.506 e. The van der Waals surface area contributed by atoms with E-state index in [0.29, 0.717) is 16.9 Å². The van der Waals surface area contributed by atoms with Gasteiger partial charge >= 0.3 is 5.97 Å². The predicted octanol–water partition coefficient (Wildman–Crippen LogP) is 1.92. The molecule has 0 radical (unpaired) electrons. The lowest BCUT2D eigenvalue weighted by Crippen LogP contribution is -2.29. The molecule has 23 heavy (non-hydrogen) atoms. The maximum absolute atomic E-state index is 11.8. The number of ether oxygens (including phenoxy) is 1. The molecule has 0 saturated carbocycles. The molecule has 0 aliphatic carbocycles. The molecule has 1 unspecified atom stereocenters. The Morgan fingerprint density at radius 1 is 1.43 bits per heavy atom. The number of nitrogens with zero attached hydrogens (tertiary/aromatic N) is 2. The van der Waals surface area contributed by atoms with Crippen LogP contribution in [-0.4, -0.2) is 48.8 Å². The summed E-state index contributed by atoms with van der Waals surface area (Å²) in [6.07, 6.45) is 1.09. The van der Waals surface area contributed by atoms with Gasteiger partial charge in [0, 0.05) is 24.5 Å². The fourth-order valence-electron chi connectivity index (χ4n) is 2.93. The second-order valence-corrected chi connectivity index (χ2v) is 5.64. The fraction of sp³-hybridized carbons (Fsp3) is 0.412. The standard InChI is InChI=1S/C17H21N3O3/c1-3-23-17(22)13-4-6-14-12(16(13)21)5-7-15(19-14)20-9-8-11(10-20)18-2/h4-7,11,18,21H,3,8-10H2,1-2H3. The number of carbonyl (C=O) groups excluding carboxylic acids is 1. The fourth-order valence-corrected chi connectivity index (χ4v) is 2.93. The minimum absolute atomic E-state index is 0.0745. The molecular weight excluding hydrogens is 294 g/mol. The number of aromatic nitrogens is 1. The molecule has 6 nitrogen and oxygen atoms in total. The number of anilines is 1. The Balaban J connectivity index is 1.93. The highest BCUT2D eigenvalue weighted by molar-refractivity contribution is 6.00.